The zero-order valence-corrected chi connectivity index (χ0v) is 45.8. The Morgan fingerprint density at radius 3 is 2.58 bits per heavy atom. The zero-order chi connectivity index (χ0) is 55.5. The first-order valence-corrected chi connectivity index (χ1v) is 27.9. The maximum atomic E-state index is 16.1. The predicted molar refractivity (Wildman–Crippen MR) is 301 cm³/mol. The number of anilines is 2. The molecule has 7 atom stereocenters. The smallest absolute Gasteiger partial charge is 0.319 e. The van der Waals surface area contributed by atoms with Crippen LogP contribution in [-0.2, 0) is 20.9 Å². The van der Waals surface area contributed by atoms with Crippen molar-refractivity contribution in [1.82, 2.24) is 55.7 Å². The molecule has 1 aliphatic carbocycles. The van der Waals surface area contributed by atoms with Gasteiger partial charge in [-0.05, 0) is 92.0 Å². The number of aromatic amines is 1. The lowest BCUT2D eigenvalue weighted by atomic mass is 9.88. The van der Waals surface area contributed by atoms with Gasteiger partial charge in [0.2, 0.25) is 11.8 Å². The standard InChI is InChI=1S/C58H62FN13O7S/c1-29(2)52(56(76)71-24-39(74)18-47(71)55(75)63-36(26-73)14-8-32-9-15-44-48(16-32)80-57(60)64-44)72-25-46(68-69-72)35-10-6-33(7-11-35)28-78-53-50(49-31(4)43(59)20-45-42(49)22-62-67-45)40(34-12-13-34)19-41-51(53)65-58(79-27-30(3)77-5)66-54(41)70-23-37-17-38(70)21-61-37/h6-7,9-11,15-16,19-20,22,25,29-30,34,36-39,47,52,61,73-74H,12-13,17-18,21,23-24,26-28H2,1-5H3,(H2,60,64)(H,62,67)(H,63,75)/t30-,36+,37-,38-,39+,47-,52-/m0/s1. The molecule has 7 heterocycles. The van der Waals surface area contributed by atoms with E-state index in [0.717, 1.165) is 81.4 Å². The molecule has 80 heavy (non-hydrogen) atoms. The average Bonchev–Trinajstić information content (AvgIpc) is 3.71. The number of ether oxygens (including phenoxy) is 3. The minimum Gasteiger partial charge on any atom is -0.486 e. The average molecular weight is 1100 g/mol. The van der Waals surface area contributed by atoms with E-state index in [1.54, 1.807) is 38.6 Å². The van der Waals surface area contributed by atoms with Gasteiger partial charge in [-0.25, -0.2) is 14.1 Å². The number of aliphatic hydroxyl groups excluding tert-OH is 2. The van der Waals surface area contributed by atoms with Crippen LogP contribution in [0.1, 0.15) is 80.7 Å². The van der Waals surface area contributed by atoms with E-state index in [1.807, 2.05) is 51.1 Å². The van der Waals surface area contributed by atoms with Crippen LogP contribution in [0.4, 0.5) is 15.3 Å². The Morgan fingerprint density at radius 1 is 1.01 bits per heavy atom. The Balaban J connectivity index is 0.822. The Hall–Kier alpha value is -7.81. The van der Waals surface area contributed by atoms with E-state index in [2.05, 4.69) is 58.9 Å². The maximum Gasteiger partial charge on any atom is 0.319 e. The van der Waals surface area contributed by atoms with E-state index < -0.39 is 42.7 Å². The summed E-state index contributed by atoms with van der Waals surface area (Å²) in [6.07, 6.45) is 5.22. The second kappa shape index (κ2) is 21.7. The van der Waals surface area contributed by atoms with Crippen LogP contribution in [-0.4, -0.2) is 143 Å². The summed E-state index contributed by atoms with van der Waals surface area (Å²) in [7, 11) is 1.63. The third-order valence-electron chi connectivity index (χ3n) is 15.8. The molecule has 22 heteroatoms. The first-order valence-electron chi connectivity index (χ1n) is 27.1. The molecule has 4 fully saturated rings. The minimum absolute atomic E-state index is 0.00800. The van der Waals surface area contributed by atoms with Gasteiger partial charge in [-0.2, -0.15) is 15.1 Å². The summed E-state index contributed by atoms with van der Waals surface area (Å²) in [6.45, 7) is 8.90. The van der Waals surface area contributed by atoms with Crippen molar-refractivity contribution in [3.63, 3.8) is 0 Å². The van der Waals surface area contributed by atoms with Crippen molar-refractivity contribution in [2.75, 3.05) is 50.6 Å². The fraction of sp³-hybridized carbons (Fsp3) is 0.414. The number of hydrogen-bond donors (Lipinski definition) is 6. The second-order valence-electron chi connectivity index (χ2n) is 21.8. The molecule has 2 bridgehead atoms. The fourth-order valence-corrected chi connectivity index (χ4v) is 12.2. The summed E-state index contributed by atoms with van der Waals surface area (Å²) in [4.78, 5) is 46.6. The van der Waals surface area contributed by atoms with Crippen molar-refractivity contribution in [1.29, 1.82) is 0 Å². The molecule has 7 N–H and O–H groups in total. The number of likely N-dealkylation sites (tertiary alicyclic amines) is 1. The summed E-state index contributed by atoms with van der Waals surface area (Å²) in [5, 5.41) is 45.8. The number of amides is 2. The molecule has 0 spiro atoms. The number of aromatic nitrogens is 8. The van der Waals surface area contributed by atoms with Gasteiger partial charge in [-0.1, -0.05) is 66.5 Å². The van der Waals surface area contributed by atoms with Crippen LogP contribution < -0.4 is 30.7 Å². The van der Waals surface area contributed by atoms with Gasteiger partial charge in [0.05, 0.1) is 46.9 Å². The molecular weight excluding hydrogens is 1040 g/mol. The monoisotopic (exact) mass is 1100 g/mol. The predicted octanol–water partition coefficient (Wildman–Crippen LogP) is 6.18. The highest BCUT2D eigenvalue weighted by Gasteiger charge is 2.44. The van der Waals surface area contributed by atoms with Crippen LogP contribution in [0.3, 0.4) is 0 Å². The number of β-amino-alcohol motifs (C(OH)–C–C–N with tert-alkyl or cyclic N) is 1. The molecule has 3 saturated heterocycles. The lowest BCUT2D eigenvalue weighted by molar-refractivity contribution is -0.142. The summed E-state index contributed by atoms with van der Waals surface area (Å²) in [6, 6.07) is 14.8. The van der Waals surface area contributed by atoms with Crippen molar-refractivity contribution >= 4 is 66.1 Å². The molecule has 12 rings (SSSR count). The van der Waals surface area contributed by atoms with Gasteiger partial charge in [0.25, 0.3) is 0 Å². The number of benzene rings is 4. The second-order valence-corrected chi connectivity index (χ2v) is 22.8. The first kappa shape index (κ1) is 52.9. The van der Waals surface area contributed by atoms with Gasteiger partial charge in [0, 0.05) is 78.3 Å². The topological polar surface area (TPSA) is 257 Å². The van der Waals surface area contributed by atoms with Crippen LogP contribution in [0.15, 0.2) is 67.0 Å². The molecular formula is C58H62FN13O7S. The number of hydrogen-bond acceptors (Lipinski definition) is 17. The molecule has 3 aliphatic heterocycles. The van der Waals surface area contributed by atoms with E-state index >= 15 is 4.39 Å². The number of thiazole rings is 1. The van der Waals surface area contributed by atoms with E-state index in [4.69, 9.17) is 29.9 Å². The molecule has 0 radical (unpaired) electrons. The number of halogens is 1. The number of fused-ring (bicyclic) bond motifs is 5. The molecule has 20 nitrogen and oxygen atoms in total. The summed E-state index contributed by atoms with van der Waals surface area (Å²) in [5.74, 6) is 5.79. The van der Waals surface area contributed by atoms with Gasteiger partial charge in [-0.15, -0.1) is 5.10 Å². The van der Waals surface area contributed by atoms with Crippen LogP contribution in [0.2, 0.25) is 0 Å². The number of nitrogens with one attached hydrogen (secondary N) is 3. The zero-order valence-electron chi connectivity index (χ0n) is 44.9. The Bertz CT molecular complexity index is 3740. The lowest BCUT2D eigenvalue weighted by Crippen LogP contribution is -2.51. The highest BCUT2D eigenvalue weighted by molar-refractivity contribution is 7.22. The molecule has 414 valence electrons. The molecule has 4 aromatic heterocycles. The van der Waals surface area contributed by atoms with Crippen molar-refractivity contribution < 1.29 is 38.4 Å². The van der Waals surface area contributed by atoms with Crippen molar-refractivity contribution in [3.05, 3.63) is 95.1 Å². The van der Waals surface area contributed by atoms with E-state index in [1.165, 1.54) is 27.0 Å². The van der Waals surface area contributed by atoms with E-state index in [-0.39, 0.29) is 62.0 Å². The molecule has 4 aliphatic rings. The molecule has 0 unspecified atom stereocenters. The van der Waals surface area contributed by atoms with Gasteiger partial charge in [-0.3, -0.25) is 14.7 Å². The number of methoxy groups -OCH3 is 1. The number of nitrogen functional groups attached to an aromatic ring is 1. The third kappa shape index (κ3) is 10.2. The molecule has 2 amide bonds. The molecule has 8 aromatic rings. The number of rotatable bonds is 17. The van der Waals surface area contributed by atoms with Gasteiger partial charge >= 0.3 is 6.01 Å². The van der Waals surface area contributed by atoms with Gasteiger partial charge in [0.15, 0.2) is 10.9 Å². The highest BCUT2D eigenvalue weighted by atomic mass is 32.1. The number of aliphatic hydroxyl groups is 2. The van der Waals surface area contributed by atoms with Crippen LogP contribution in [0.25, 0.3) is 54.4 Å². The normalized spacial score (nSPS) is 20.0. The summed E-state index contributed by atoms with van der Waals surface area (Å²) >= 11 is 1.33. The number of piperazine rings is 1. The van der Waals surface area contributed by atoms with Crippen LogP contribution in [0, 0.1) is 30.5 Å². The van der Waals surface area contributed by atoms with Crippen molar-refractivity contribution in [2.45, 2.75) is 108 Å². The molecule has 4 aromatic carbocycles. The number of carbonyl (C=O) groups excluding carboxylic acids is 2. The molecule has 1 saturated carbocycles. The van der Waals surface area contributed by atoms with Crippen molar-refractivity contribution in [3.8, 4) is 46.0 Å². The summed E-state index contributed by atoms with van der Waals surface area (Å²) < 4.78 is 37.4. The third-order valence-corrected chi connectivity index (χ3v) is 16.6. The van der Waals surface area contributed by atoms with E-state index in [9.17, 15) is 19.8 Å². The Morgan fingerprint density at radius 2 is 1.84 bits per heavy atom. The maximum absolute atomic E-state index is 16.1. The Kier molecular flexibility index (Phi) is 14.3. The fourth-order valence-electron chi connectivity index (χ4n) is 11.4. The SMILES string of the molecule is CO[C@@H](C)COc1nc(N2C[C@@H]3C[C@H]2CN3)c2cc(C3CC3)c(-c3c(C)c(F)cc4[nH]ncc34)c(OCc3ccc(-c4cn([C@H](C(=O)N5C[C@H](O)C[C@H]5C(=O)N[C@H](C#Cc5ccc6nc(N)sc6c5)CO)C(C)C)nn4)cc3)c2n1. The minimum atomic E-state index is -1.02. The summed E-state index contributed by atoms with van der Waals surface area (Å²) in [5.41, 5.74) is 13.4. The largest absolute Gasteiger partial charge is 0.486 e. The van der Waals surface area contributed by atoms with Crippen LogP contribution >= 0.6 is 11.3 Å². The highest BCUT2D eigenvalue weighted by Crippen LogP contribution is 2.53. The quantitative estimate of drug-likeness (QED) is 0.0557. The number of carbonyl (C=O) groups is 2. The first-order chi connectivity index (χ1) is 38.7. The number of nitrogens with two attached hydrogens (primary N) is 1. The van der Waals surface area contributed by atoms with Gasteiger partial charge < -0.3 is 50.6 Å². The van der Waals surface area contributed by atoms with Crippen molar-refractivity contribution in [2.24, 2.45) is 5.92 Å². The number of nitrogens with zero attached hydrogens (tertiary/aromatic N) is 9. The lowest BCUT2D eigenvalue weighted by Gasteiger charge is -2.30. The van der Waals surface area contributed by atoms with Gasteiger partial charge in [0.1, 0.15) is 54.2 Å². The van der Waals surface area contributed by atoms with E-state index in [0.29, 0.717) is 50.3 Å². The Labute approximate surface area is 464 Å². The van der Waals surface area contributed by atoms with Crippen LogP contribution in [0.5, 0.6) is 11.8 Å². The number of H-pyrrole nitrogens is 1.